The number of hydrogen-bond acceptors (Lipinski definition) is 3. The van der Waals surface area contributed by atoms with E-state index < -0.39 is 16.1 Å². The quantitative estimate of drug-likeness (QED) is 0.881. The Kier molecular flexibility index (Phi) is 5.12. The number of carbonyl (C=O) groups excluding carboxylic acids is 1. The van der Waals surface area contributed by atoms with Crippen LogP contribution in [0, 0.1) is 5.82 Å². The predicted molar refractivity (Wildman–Crippen MR) is 85.9 cm³/mol. The van der Waals surface area contributed by atoms with Gasteiger partial charge in [0.15, 0.2) is 0 Å². The molecule has 0 saturated heterocycles. The molecule has 122 valence electrons. The fourth-order valence-corrected chi connectivity index (χ4v) is 3.27. The fraction of sp³-hybridized carbons (Fsp3) is 0.188. The zero-order valence-electron chi connectivity index (χ0n) is 12.7. The SMILES string of the molecule is CC(=O)Nc1ccc(S(=O)(=O)N[C@H](C)c2ccc(F)cc2)cc1. The second kappa shape index (κ2) is 6.89. The van der Waals surface area contributed by atoms with Gasteiger partial charge >= 0.3 is 0 Å². The summed E-state index contributed by atoms with van der Waals surface area (Å²) in [6, 6.07) is 11.0. The topological polar surface area (TPSA) is 75.3 Å². The van der Waals surface area contributed by atoms with Gasteiger partial charge in [-0.25, -0.2) is 17.5 Å². The lowest BCUT2D eigenvalue weighted by atomic mass is 10.1. The van der Waals surface area contributed by atoms with E-state index in [4.69, 9.17) is 0 Å². The Hall–Kier alpha value is -2.25. The summed E-state index contributed by atoms with van der Waals surface area (Å²) in [7, 11) is -3.72. The molecule has 0 radical (unpaired) electrons. The minimum absolute atomic E-state index is 0.0839. The zero-order chi connectivity index (χ0) is 17.0. The van der Waals surface area contributed by atoms with E-state index in [1.807, 2.05) is 0 Å². The highest BCUT2D eigenvalue weighted by molar-refractivity contribution is 7.89. The first-order chi connectivity index (χ1) is 10.8. The molecule has 0 spiro atoms. The van der Waals surface area contributed by atoms with Crippen LogP contribution in [0.25, 0.3) is 0 Å². The lowest BCUT2D eigenvalue weighted by molar-refractivity contribution is -0.114. The molecule has 0 saturated carbocycles. The highest BCUT2D eigenvalue weighted by Crippen LogP contribution is 2.19. The standard InChI is InChI=1S/C16H17FN2O3S/c1-11(13-3-5-14(17)6-4-13)19-23(21,22)16-9-7-15(8-10-16)18-12(2)20/h3-11,19H,1-2H3,(H,18,20)/t11-/m1/s1. The smallest absolute Gasteiger partial charge is 0.241 e. The average Bonchev–Trinajstić information content (AvgIpc) is 2.47. The summed E-state index contributed by atoms with van der Waals surface area (Å²) in [6.07, 6.45) is 0. The van der Waals surface area contributed by atoms with Crippen LogP contribution >= 0.6 is 0 Å². The van der Waals surface area contributed by atoms with Gasteiger partial charge in [0, 0.05) is 18.7 Å². The Morgan fingerprint density at radius 3 is 2.13 bits per heavy atom. The van der Waals surface area contributed by atoms with Gasteiger partial charge in [-0.3, -0.25) is 4.79 Å². The molecule has 2 aromatic rings. The van der Waals surface area contributed by atoms with Crippen LogP contribution in [0.4, 0.5) is 10.1 Å². The first-order valence-electron chi connectivity index (χ1n) is 6.93. The third-order valence-electron chi connectivity index (χ3n) is 3.19. The van der Waals surface area contributed by atoms with Gasteiger partial charge in [0.1, 0.15) is 5.82 Å². The van der Waals surface area contributed by atoms with E-state index in [1.165, 1.54) is 55.5 Å². The van der Waals surface area contributed by atoms with Crippen molar-refractivity contribution >= 4 is 21.6 Å². The molecule has 2 rings (SSSR count). The Morgan fingerprint density at radius 1 is 1.04 bits per heavy atom. The first kappa shape index (κ1) is 17.1. The minimum atomic E-state index is -3.72. The fourth-order valence-electron chi connectivity index (χ4n) is 2.04. The predicted octanol–water partition coefficient (Wildman–Crippen LogP) is 2.82. The van der Waals surface area contributed by atoms with E-state index in [0.717, 1.165) is 0 Å². The lowest BCUT2D eigenvalue weighted by Crippen LogP contribution is -2.26. The summed E-state index contributed by atoms with van der Waals surface area (Å²) in [5, 5.41) is 2.57. The minimum Gasteiger partial charge on any atom is -0.326 e. The summed E-state index contributed by atoms with van der Waals surface area (Å²) in [6.45, 7) is 3.05. The van der Waals surface area contributed by atoms with Gasteiger partial charge in [0.25, 0.3) is 0 Å². The maximum atomic E-state index is 12.9. The monoisotopic (exact) mass is 336 g/mol. The Morgan fingerprint density at radius 2 is 1.61 bits per heavy atom. The number of nitrogens with one attached hydrogen (secondary N) is 2. The van der Waals surface area contributed by atoms with Crippen molar-refractivity contribution in [1.82, 2.24) is 4.72 Å². The Labute approximate surface area is 134 Å². The molecule has 0 aromatic heterocycles. The van der Waals surface area contributed by atoms with E-state index in [2.05, 4.69) is 10.0 Å². The van der Waals surface area contributed by atoms with Crippen molar-refractivity contribution in [2.45, 2.75) is 24.8 Å². The second-order valence-corrected chi connectivity index (χ2v) is 6.81. The van der Waals surface area contributed by atoms with Gasteiger partial charge < -0.3 is 5.32 Å². The largest absolute Gasteiger partial charge is 0.326 e. The number of amides is 1. The number of anilines is 1. The Balaban J connectivity index is 2.14. The summed E-state index contributed by atoms with van der Waals surface area (Å²) in [5.41, 5.74) is 1.17. The van der Waals surface area contributed by atoms with Crippen LogP contribution in [0.3, 0.4) is 0 Å². The molecular formula is C16H17FN2O3S. The number of rotatable bonds is 5. The summed E-state index contributed by atoms with van der Waals surface area (Å²) in [4.78, 5) is 11.0. The molecule has 7 heteroatoms. The van der Waals surface area contributed by atoms with E-state index in [0.29, 0.717) is 11.3 Å². The molecule has 0 aliphatic heterocycles. The second-order valence-electron chi connectivity index (χ2n) is 5.10. The number of benzene rings is 2. The van der Waals surface area contributed by atoms with Crippen molar-refractivity contribution in [1.29, 1.82) is 0 Å². The maximum Gasteiger partial charge on any atom is 0.241 e. The summed E-state index contributed by atoms with van der Waals surface area (Å²) < 4.78 is 40.1. The normalized spacial score (nSPS) is 12.7. The van der Waals surface area contributed by atoms with Gasteiger partial charge in [-0.2, -0.15) is 0 Å². The number of halogens is 1. The van der Waals surface area contributed by atoms with Crippen LogP contribution < -0.4 is 10.0 Å². The van der Waals surface area contributed by atoms with Crippen LogP contribution in [-0.4, -0.2) is 14.3 Å². The summed E-state index contributed by atoms with van der Waals surface area (Å²) in [5.74, 6) is -0.610. The van der Waals surface area contributed by atoms with Crippen LogP contribution in [0.1, 0.15) is 25.5 Å². The van der Waals surface area contributed by atoms with E-state index >= 15 is 0 Å². The lowest BCUT2D eigenvalue weighted by Gasteiger charge is -2.15. The molecule has 5 nitrogen and oxygen atoms in total. The molecule has 1 amide bonds. The van der Waals surface area contributed by atoms with Crippen molar-refractivity contribution in [2.75, 3.05) is 5.32 Å². The van der Waals surface area contributed by atoms with E-state index in [1.54, 1.807) is 6.92 Å². The van der Waals surface area contributed by atoms with E-state index in [-0.39, 0.29) is 16.6 Å². The van der Waals surface area contributed by atoms with Gasteiger partial charge in [-0.15, -0.1) is 0 Å². The van der Waals surface area contributed by atoms with Crippen LogP contribution in [0.15, 0.2) is 53.4 Å². The van der Waals surface area contributed by atoms with Gasteiger partial charge in [-0.05, 0) is 48.9 Å². The Bertz CT molecular complexity index is 787. The third-order valence-corrected chi connectivity index (χ3v) is 4.74. The summed E-state index contributed by atoms with van der Waals surface area (Å²) >= 11 is 0. The van der Waals surface area contributed by atoms with Crippen LogP contribution in [0.5, 0.6) is 0 Å². The maximum absolute atomic E-state index is 12.9. The zero-order valence-corrected chi connectivity index (χ0v) is 13.5. The molecule has 0 fully saturated rings. The first-order valence-corrected chi connectivity index (χ1v) is 8.42. The van der Waals surface area contributed by atoms with Crippen LogP contribution in [-0.2, 0) is 14.8 Å². The molecule has 2 N–H and O–H groups in total. The molecular weight excluding hydrogens is 319 g/mol. The van der Waals surface area contributed by atoms with E-state index in [9.17, 15) is 17.6 Å². The molecule has 0 heterocycles. The number of hydrogen-bond donors (Lipinski definition) is 2. The molecule has 23 heavy (non-hydrogen) atoms. The number of sulfonamides is 1. The molecule has 0 aliphatic carbocycles. The average molecular weight is 336 g/mol. The molecule has 0 bridgehead atoms. The third kappa shape index (κ3) is 4.61. The van der Waals surface area contributed by atoms with Crippen molar-refractivity contribution in [3.8, 4) is 0 Å². The van der Waals surface area contributed by atoms with Crippen molar-refractivity contribution in [2.24, 2.45) is 0 Å². The highest BCUT2D eigenvalue weighted by Gasteiger charge is 2.18. The van der Waals surface area contributed by atoms with Crippen molar-refractivity contribution < 1.29 is 17.6 Å². The molecule has 1 atom stereocenters. The van der Waals surface area contributed by atoms with Crippen molar-refractivity contribution in [3.63, 3.8) is 0 Å². The van der Waals surface area contributed by atoms with Gasteiger partial charge in [0.2, 0.25) is 15.9 Å². The van der Waals surface area contributed by atoms with Gasteiger partial charge in [0.05, 0.1) is 4.90 Å². The number of carbonyl (C=O) groups is 1. The molecule has 0 unspecified atom stereocenters. The molecule has 0 aliphatic rings. The molecule has 2 aromatic carbocycles. The van der Waals surface area contributed by atoms with Crippen LogP contribution in [0.2, 0.25) is 0 Å². The highest BCUT2D eigenvalue weighted by atomic mass is 32.2. The van der Waals surface area contributed by atoms with Gasteiger partial charge in [-0.1, -0.05) is 12.1 Å². The van der Waals surface area contributed by atoms with Crippen molar-refractivity contribution in [3.05, 3.63) is 59.9 Å².